The van der Waals surface area contributed by atoms with Crippen molar-refractivity contribution in [3.63, 3.8) is 0 Å². The van der Waals surface area contributed by atoms with Crippen LogP contribution in [0.2, 0.25) is 0 Å². The lowest BCUT2D eigenvalue weighted by Gasteiger charge is -2.04. The maximum atomic E-state index is 12.2. The summed E-state index contributed by atoms with van der Waals surface area (Å²) < 4.78 is 30.4. The summed E-state index contributed by atoms with van der Waals surface area (Å²) in [7, 11) is -1.55. The molecule has 0 aliphatic carbocycles. The zero-order chi connectivity index (χ0) is 15.6. The van der Waals surface area contributed by atoms with Crippen molar-refractivity contribution in [1.29, 1.82) is 0 Å². The van der Waals surface area contributed by atoms with Gasteiger partial charge in [-0.25, -0.2) is 0 Å². The average molecular weight is 310 g/mol. The molecule has 118 valence electrons. The highest BCUT2D eigenvalue weighted by Gasteiger charge is 2.34. The molecule has 2 heterocycles. The molecular formula is C16H26N2O2S. The largest absolute Gasteiger partial charge is 0.350 e. The Balaban J connectivity index is 2.09. The van der Waals surface area contributed by atoms with Gasteiger partial charge in [-0.2, -0.15) is 12.8 Å². The van der Waals surface area contributed by atoms with Crippen molar-refractivity contribution in [2.24, 2.45) is 11.4 Å². The molecule has 1 aromatic rings. The first-order valence-corrected chi connectivity index (χ1v) is 9.34. The van der Waals surface area contributed by atoms with E-state index < -0.39 is 10.0 Å². The first-order chi connectivity index (χ1) is 9.90. The molecule has 0 bridgehead atoms. The fourth-order valence-electron chi connectivity index (χ4n) is 3.05. The second-order valence-corrected chi connectivity index (χ2v) is 7.51. The normalized spacial score (nSPS) is 16.1. The van der Waals surface area contributed by atoms with Crippen LogP contribution in [0.15, 0.2) is 9.29 Å². The Kier molecular flexibility index (Phi) is 4.91. The zero-order valence-corrected chi connectivity index (χ0v) is 14.4. The molecule has 2 rings (SSSR count). The molecule has 0 fully saturated rings. The highest BCUT2D eigenvalue weighted by molar-refractivity contribution is 7.90. The Bertz CT molecular complexity index is 654. The molecule has 0 amide bonds. The predicted molar refractivity (Wildman–Crippen MR) is 86.6 cm³/mol. The van der Waals surface area contributed by atoms with E-state index in [1.165, 1.54) is 25.7 Å². The monoisotopic (exact) mass is 310 g/mol. The van der Waals surface area contributed by atoms with Crippen LogP contribution in [0.25, 0.3) is 0 Å². The quantitative estimate of drug-likeness (QED) is 0.718. The summed E-state index contributed by atoms with van der Waals surface area (Å²) in [4.78, 5) is 0.434. The minimum atomic E-state index is -3.47. The highest BCUT2D eigenvalue weighted by atomic mass is 32.2. The van der Waals surface area contributed by atoms with E-state index in [1.807, 2.05) is 25.5 Å². The molecule has 0 saturated heterocycles. The molecule has 0 N–H and O–H groups in total. The number of unbranched alkanes of at least 4 members (excludes halogenated alkanes) is 5. The van der Waals surface area contributed by atoms with E-state index in [4.69, 9.17) is 0 Å². The molecule has 1 aliphatic rings. The van der Waals surface area contributed by atoms with Gasteiger partial charge in [-0.1, -0.05) is 39.0 Å². The van der Waals surface area contributed by atoms with Crippen LogP contribution in [0.5, 0.6) is 0 Å². The Hall–Kier alpha value is -1.10. The van der Waals surface area contributed by atoms with Crippen LogP contribution >= 0.6 is 0 Å². The molecule has 21 heavy (non-hydrogen) atoms. The summed E-state index contributed by atoms with van der Waals surface area (Å²) in [6.07, 6.45) is 7.98. The molecule has 0 unspecified atom stereocenters. The number of aromatic nitrogens is 1. The smallest absolute Gasteiger partial charge is 0.285 e. The van der Waals surface area contributed by atoms with Crippen LogP contribution in [-0.2, 0) is 17.1 Å². The molecular weight excluding hydrogens is 284 g/mol. The van der Waals surface area contributed by atoms with Gasteiger partial charge in [0.25, 0.3) is 10.0 Å². The van der Waals surface area contributed by atoms with Crippen molar-refractivity contribution in [1.82, 2.24) is 4.57 Å². The lowest BCUT2D eigenvalue weighted by molar-refractivity contribution is 0.598. The van der Waals surface area contributed by atoms with E-state index in [9.17, 15) is 8.42 Å². The van der Waals surface area contributed by atoms with Crippen LogP contribution < -0.4 is 0 Å². The molecule has 1 aromatic heterocycles. The van der Waals surface area contributed by atoms with E-state index in [1.54, 1.807) is 0 Å². The van der Waals surface area contributed by atoms with Crippen molar-refractivity contribution < 1.29 is 8.42 Å². The summed E-state index contributed by atoms with van der Waals surface area (Å²) in [6, 6.07) is 0. The molecule has 0 saturated carbocycles. The van der Waals surface area contributed by atoms with Gasteiger partial charge in [0.2, 0.25) is 0 Å². The van der Waals surface area contributed by atoms with Gasteiger partial charge in [0, 0.05) is 24.0 Å². The topological polar surface area (TPSA) is 51.4 Å². The standard InChI is InChI=1S/C16H26N2O2S/c1-5-6-7-8-9-10-11-14-15-12(2)18(4)13(3)16(15)21(19,20)17-14/h5-11H2,1-4H3. The Labute approximate surface area is 128 Å². The molecule has 0 radical (unpaired) electrons. The van der Waals surface area contributed by atoms with Crippen molar-refractivity contribution in [2.75, 3.05) is 0 Å². The molecule has 1 aliphatic heterocycles. The Morgan fingerprint density at radius 3 is 2.29 bits per heavy atom. The second-order valence-electron chi connectivity index (χ2n) is 5.96. The molecule has 0 spiro atoms. The van der Waals surface area contributed by atoms with Crippen LogP contribution in [-0.4, -0.2) is 18.7 Å². The number of fused-ring (bicyclic) bond motifs is 1. The second kappa shape index (κ2) is 6.34. The summed E-state index contributed by atoms with van der Waals surface area (Å²) >= 11 is 0. The van der Waals surface area contributed by atoms with Crippen LogP contribution in [0.3, 0.4) is 0 Å². The number of hydrogen-bond acceptors (Lipinski definition) is 2. The first-order valence-electron chi connectivity index (χ1n) is 7.90. The fourth-order valence-corrected chi connectivity index (χ4v) is 4.65. The van der Waals surface area contributed by atoms with Gasteiger partial charge in [-0.3, -0.25) is 0 Å². The van der Waals surface area contributed by atoms with Crippen molar-refractivity contribution in [3.8, 4) is 0 Å². The number of rotatable bonds is 7. The summed E-state index contributed by atoms with van der Waals surface area (Å²) in [5.74, 6) is 0. The number of nitrogens with zero attached hydrogens (tertiary/aromatic N) is 2. The van der Waals surface area contributed by atoms with E-state index >= 15 is 0 Å². The van der Waals surface area contributed by atoms with E-state index in [2.05, 4.69) is 11.3 Å². The molecule has 0 aromatic carbocycles. The number of hydrogen-bond donors (Lipinski definition) is 0. The van der Waals surface area contributed by atoms with Gasteiger partial charge in [0.1, 0.15) is 4.90 Å². The van der Waals surface area contributed by atoms with Gasteiger partial charge in [0.15, 0.2) is 0 Å². The molecule has 0 atom stereocenters. The SMILES string of the molecule is CCCCCCCCC1=NS(=O)(=O)c2c1c(C)n(C)c2C. The van der Waals surface area contributed by atoms with Crippen molar-refractivity contribution >= 4 is 15.7 Å². The van der Waals surface area contributed by atoms with Gasteiger partial charge in [0.05, 0.1) is 5.71 Å². The minimum Gasteiger partial charge on any atom is -0.350 e. The van der Waals surface area contributed by atoms with Gasteiger partial charge < -0.3 is 4.57 Å². The van der Waals surface area contributed by atoms with Crippen molar-refractivity contribution in [3.05, 3.63) is 17.0 Å². The lowest BCUT2D eigenvalue weighted by Crippen LogP contribution is -2.02. The van der Waals surface area contributed by atoms with Crippen LogP contribution in [0.4, 0.5) is 0 Å². The van der Waals surface area contributed by atoms with E-state index in [-0.39, 0.29) is 0 Å². The maximum absolute atomic E-state index is 12.2. The average Bonchev–Trinajstić information content (AvgIpc) is 2.82. The summed E-state index contributed by atoms with van der Waals surface area (Å²) in [5.41, 5.74) is 3.43. The Morgan fingerprint density at radius 2 is 1.62 bits per heavy atom. The van der Waals surface area contributed by atoms with E-state index in [0.717, 1.165) is 41.9 Å². The fraction of sp³-hybridized carbons (Fsp3) is 0.688. The predicted octanol–water partition coefficient (Wildman–Crippen LogP) is 3.88. The van der Waals surface area contributed by atoms with Gasteiger partial charge in [-0.05, 0) is 26.7 Å². The lowest BCUT2D eigenvalue weighted by atomic mass is 10.0. The van der Waals surface area contributed by atoms with Crippen molar-refractivity contribution in [2.45, 2.75) is 70.6 Å². The zero-order valence-electron chi connectivity index (χ0n) is 13.6. The third kappa shape index (κ3) is 3.07. The highest BCUT2D eigenvalue weighted by Crippen LogP contribution is 2.35. The maximum Gasteiger partial charge on any atom is 0.285 e. The molecule has 5 heteroatoms. The minimum absolute atomic E-state index is 0.434. The van der Waals surface area contributed by atoms with Crippen LogP contribution in [0, 0.1) is 13.8 Å². The van der Waals surface area contributed by atoms with E-state index in [0.29, 0.717) is 4.90 Å². The van der Waals surface area contributed by atoms with Gasteiger partial charge in [-0.15, -0.1) is 0 Å². The molecule has 4 nitrogen and oxygen atoms in total. The summed E-state index contributed by atoms with van der Waals surface area (Å²) in [6.45, 7) is 6.04. The third-order valence-corrected chi connectivity index (χ3v) is 5.94. The third-order valence-electron chi connectivity index (χ3n) is 4.47. The Morgan fingerprint density at radius 1 is 1.00 bits per heavy atom. The summed E-state index contributed by atoms with van der Waals surface area (Å²) in [5, 5.41) is 0. The van der Waals surface area contributed by atoms with Gasteiger partial charge >= 0.3 is 0 Å². The first kappa shape index (κ1) is 16.3. The number of sulfonamides is 1. The van der Waals surface area contributed by atoms with Crippen LogP contribution in [0.1, 0.15) is 68.8 Å².